The summed E-state index contributed by atoms with van der Waals surface area (Å²) >= 11 is 0. The van der Waals surface area contributed by atoms with Gasteiger partial charge in [0.15, 0.2) is 0 Å². The molecular weight excluding hydrogens is 443 g/mol. The largest absolute Gasteiger partial charge is 0.495 e. The fourth-order valence-corrected chi connectivity index (χ4v) is 6.93. The number of aliphatic hydroxyl groups excluding tert-OH is 1. The average molecular weight is 469 g/mol. The van der Waals surface area contributed by atoms with Gasteiger partial charge in [-0.1, -0.05) is 36.4 Å². The molecule has 5 rings (SSSR count). The summed E-state index contributed by atoms with van der Waals surface area (Å²) in [5, 5.41) is 13.4. The lowest BCUT2D eigenvalue weighted by Crippen LogP contribution is -2.42. The highest BCUT2D eigenvalue weighted by molar-refractivity contribution is 7.89. The summed E-state index contributed by atoms with van der Waals surface area (Å²) in [6, 6.07) is 17.8. The van der Waals surface area contributed by atoms with Crippen LogP contribution in [0, 0.1) is 11.7 Å². The highest BCUT2D eigenvalue weighted by Crippen LogP contribution is 2.49. The molecular formula is C25H25FN2O4S. The first-order valence-electron chi connectivity index (χ1n) is 10.9. The topological polar surface area (TPSA) is 78.9 Å². The van der Waals surface area contributed by atoms with Gasteiger partial charge in [0.25, 0.3) is 0 Å². The third-order valence-electron chi connectivity index (χ3n) is 6.66. The number of halogens is 1. The van der Waals surface area contributed by atoms with Gasteiger partial charge < -0.3 is 15.2 Å². The fourth-order valence-electron chi connectivity index (χ4n) is 5.11. The summed E-state index contributed by atoms with van der Waals surface area (Å²) in [6.07, 6.45) is 0.598. The van der Waals surface area contributed by atoms with Crippen LogP contribution < -0.4 is 10.1 Å². The van der Waals surface area contributed by atoms with E-state index < -0.39 is 16.1 Å². The maximum Gasteiger partial charge on any atom is 0.247 e. The predicted molar refractivity (Wildman–Crippen MR) is 124 cm³/mol. The van der Waals surface area contributed by atoms with E-state index in [9.17, 15) is 17.9 Å². The van der Waals surface area contributed by atoms with Crippen molar-refractivity contribution in [2.45, 2.75) is 23.4 Å². The molecule has 8 heteroatoms. The van der Waals surface area contributed by atoms with E-state index >= 15 is 0 Å². The number of nitrogens with zero attached hydrogens (tertiary/aromatic N) is 1. The molecule has 2 N–H and O–H groups in total. The molecule has 0 radical (unpaired) electrons. The maximum absolute atomic E-state index is 14.5. The standard InChI is InChI=1S/C25H25FN2O4S/c1-32-23-8-4-5-9-24(23)33(30,31)28-13-12-18-22(15-29)27-21-11-10-16(14-19(21)25(18)28)17-6-2-3-7-20(17)26/h2-11,14,18,22,25,27,29H,12-13,15H2,1H3/t18-,22-,25-/m0/s1. The van der Waals surface area contributed by atoms with E-state index in [-0.39, 0.29) is 35.0 Å². The Labute approximate surface area is 192 Å². The van der Waals surface area contributed by atoms with Gasteiger partial charge in [-0.05, 0) is 47.9 Å². The van der Waals surface area contributed by atoms with E-state index in [4.69, 9.17) is 4.74 Å². The summed E-state index contributed by atoms with van der Waals surface area (Å²) < 4.78 is 48.9. The molecule has 0 bridgehead atoms. The highest BCUT2D eigenvalue weighted by atomic mass is 32.2. The first kappa shape index (κ1) is 21.9. The third kappa shape index (κ3) is 3.58. The second-order valence-corrected chi connectivity index (χ2v) is 10.2. The van der Waals surface area contributed by atoms with E-state index in [0.29, 0.717) is 24.1 Å². The van der Waals surface area contributed by atoms with Crippen LogP contribution in [0.5, 0.6) is 5.75 Å². The van der Waals surface area contributed by atoms with Crippen molar-refractivity contribution in [3.05, 3.63) is 78.1 Å². The van der Waals surface area contributed by atoms with Crippen LogP contribution in [0.25, 0.3) is 11.1 Å². The van der Waals surface area contributed by atoms with Crippen LogP contribution in [0.2, 0.25) is 0 Å². The van der Waals surface area contributed by atoms with E-state index in [1.807, 2.05) is 18.2 Å². The molecule has 2 heterocycles. The number of sulfonamides is 1. The van der Waals surface area contributed by atoms with Crippen LogP contribution in [0.3, 0.4) is 0 Å². The van der Waals surface area contributed by atoms with Gasteiger partial charge in [0.1, 0.15) is 16.5 Å². The summed E-state index contributed by atoms with van der Waals surface area (Å²) in [7, 11) is -2.44. The molecule has 33 heavy (non-hydrogen) atoms. The average Bonchev–Trinajstić information content (AvgIpc) is 3.30. The Bertz CT molecular complexity index is 1300. The molecule has 1 fully saturated rings. The summed E-state index contributed by atoms with van der Waals surface area (Å²) in [5.41, 5.74) is 2.66. The second kappa shape index (κ2) is 8.44. The van der Waals surface area contributed by atoms with E-state index in [0.717, 1.165) is 11.3 Å². The zero-order valence-electron chi connectivity index (χ0n) is 18.1. The van der Waals surface area contributed by atoms with Gasteiger partial charge in [0.2, 0.25) is 10.0 Å². The minimum atomic E-state index is -3.89. The summed E-state index contributed by atoms with van der Waals surface area (Å²) in [4.78, 5) is 0.110. The molecule has 0 aliphatic carbocycles. The number of ether oxygens (including phenoxy) is 1. The first-order valence-corrected chi connectivity index (χ1v) is 12.3. The van der Waals surface area contributed by atoms with Gasteiger partial charge in [-0.3, -0.25) is 0 Å². The lowest BCUT2D eigenvalue weighted by Gasteiger charge is -2.39. The van der Waals surface area contributed by atoms with Gasteiger partial charge in [-0.15, -0.1) is 0 Å². The Morgan fingerprint density at radius 1 is 1.12 bits per heavy atom. The lowest BCUT2D eigenvalue weighted by atomic mass is 9.82. The van der Waals surface area contributed by atoms with Crippen molar-refractivity contribution in [3.63, 3.8) is 0 Å². The zero-order valence-corrected chi connectivity index (χ0v) is 18.9. The van der Waals surface area contributed by atoms with Gasteiger partial charge in [0, 0.05) is 23.7 Å². The predicted octanol–water partition coefficient (Wildman–Crippen LogP) is 4.04. The van der Waals surface area contributed by atoms with Crippen LogP contribution in [-0.2, 0) is 10.0 Å². The molecule has 3 aromatic rings. The van der Waals surface area contributed by atoms with Crippen molar-refractivity contribution in [2.24, 2.45) is 5.92 Å². The van der Waals surface area contributed by atoms with Crippen molar-refractivity contribution >= 4 is 15.7 Å². The monoisotopic (exact) mass is 468 g/mol. The molecule has 3 aromatic carbocycles. The molecule has 0 saturated carbocycles. The van der Waals surface area contributed by atoms with Gasteiger partial charge in [0.05, 0.1) is 25.8 Å². The molecule has 0 unspecified atom stereocenters. The van der Waals surface area contributed by atoms with Crippen LogP contribution >= 0.6 is 0 Å². The Morgan fingerprint density at radius 2 is 1.88 bits per heavy atom. The number of hydrogen-bond acceptors (Lipinski definition) is 5. The number of hydrogen-bond donors (Lipinski definition) is 2. The van der Waals surface area contributed by atoms with E-state index in [1.165, 1.54) is 17.5 Å². The van der Waals surface area contributed by atoms with Gasteiger partial charge >= 0.3 is 0 Å². The molecule has 3 atom stereocenters. The van der Waals surface area contributed by atoms with Crippen molar-refractivity contribution in [2.75, 3.05) is 25.6 Å². The van der Waals surface area contributed by atoms with Crippen LogP contribution in [-0.4, -0.2) is 44.1 Å². The zero-order chi connectivity index (χ0) is 23.2. The van der Waals surface area contributed by atoms with Crippen LogP contribution in [0.1, 0.15) is 18.0 Å². The number of aliphatic hydroxyl groups is 1. The smallest absolute Gasteiger partial charge is 0.247 e. The second-order valence-electron chi connectivity index (χ2n) is 8.38. The summed E-state index contributed by atoms with van der Waals surface area (Å²) in [6.45, 7) is 0.204. The van der Waals surface area contributed by atoms with Crippen molar-refractivity contribution < 1.29 is 22.7 Å². The molecule has 2 aliphatic rings. The molecule has 0 amide bonds. The quantitative estimate of drug-likeness (QED) is 0.591. The van der Waals surface area contributed by atoms with Crippen molar-refractivity contribution in [1.29, 1.82) is 0 Å². The Kier molecular flexibility index (Phi) is 5.60. The third-order valence-corrected chi connectivity index (χ3v) is 8.58. The molecule has 172 valence electrons. The minimum absolute atomic E-state index is 0.110. The van der Waals surface area contributed by atoms with Crippen molar-refractivity contribution in [1.82, 2.24) is 4.31 Å². The normalized spacial score (nSPS) is 22.3. The Balaban J connectivity index is 1.64. The number of methoxy groups -OCH3 is 1. The highest BCUT2D eigenvalue weighted by Gasteiger charge is 2.49. The van der Waals surface area contributed by atoms with E-state index in [2.05, 4.69) is 5.32 Å². The molecule has 0 spiro atoms. The molecule has 0 aromatic heterocycles. The minimum Gasteiger partial charge on any atom is -0.495 e. The maximum atomic E-state index is 14.5. The number of nitrogens with one attached hydrogen (secondary N) is 1. The number of para-hydroxylation sites is 1. The number of benzene rings is 3. The first-order chi connectivity index (χ1) is 16.0. The molecule has 6 nitrogen and oxygen atoms in total. The molecule has 2 aliphatic heterocycles. The number of anilines is 1. The summed E-state index contributed by atoms with van der Waals surface area (Å²) in [5.74, 6) is -0.173. The van der Waals surface area contributed by atoms with E-state index in [1.54, 1.807) is 42.5 Å². The van der Waals surface area contributed by atoms with Gasteiger partial charge in [-0.25, -0.2) is 12.8 Å². The number of rotatable bonds is 5. The van der Waals surface area contributed by atoms with Gasteiger partial charge in [-0.2, -0.15) is 4.31 Å². The Hall–Kier alpha value is -2.94. The van der Waals surface area contributed by atoms with Crippen LogP contribution in [0.15, 0.2) is 71.6 Å². The SMILES string of the molecule is COc1ccccc1S(=O)(=O)N1CC[C@H]2[C@H](CO)Nc3ccc(-c4ccccc4F)cc3[C@H]21. The van der Waals surface area contributed by atoms with Crippen LogP contribution in [0.4, 0.5) is 10.1 Å². The number of fused-ring (bicyclic) bond motifs is 3. The molecule has 1 saturated heterocycles. The lowest BCUT2D eigenvalue weighted by molar-refractivity contribution is 0.210. The van der Waals surface area contributed by atoms with Crippen molar-refractivity contribution in [3.8, 4) is 16.9 Å². The fraction of sp³-hybridized carbons (Fsp3) is 0.280. The Morgan fingerprint density at radius 3 is 2.64 bits per heavy atom.